The average Bonchev–Trinajstić information content (AvgIpc) is 2.82. The lowest BCUT2D eigenvalue weighted by atomic mass is 10.1. The van der Waals surface area contributed by atoms with Crippen LogP contribution in [-0.2, 0) is 13.1 Å². The Morgan fingerprint density at radius 1 is 1.16 bits per heavy atom. The van der Waals surface area contributed by atoms with E-state index in [-0.39, 0.29) is 0 Å². The number of nitrogens with zero attached hydrogens (tertiary/aromatic N) is 4. The van der Waals surface area contributed by atoms with Gasteiger partial charge in [-0.2, -0.15) is 0 Å². The van der Waals surface area contributed by atoms with E-state index in [1.165, 1.54) is 30.5 Å². The molecule has 1 aliphatic heterocycles. The Morgan fingerprint density at radius 3 is 2.95 bits per heavy atom. The summed E-state index contributed by atoms with van der Waals surface area (Å²) < 4.78 is 2.12. The normalized spacial score (nSPS) is 14.8. The molecule has 1 aromatic heterocycles. The first kappa shape index (κ1) is 12.4. The molecule has 0 unspecified atom stereocenters. The second-order valence-electron chi connectivity index (χ2n) is 5.16. The molecule has 0 aliphatic carbocycles. The van der Waals surface area contributed by atoms with Gasteiger partial charge in [-0.25, -0.2) is 0 Å². The average molecular weight is 256 g/mol. The molecule has 0 amide bonds. The Labute approximate surface area is 114 Å². The summed E-state index contributed by atoms with van der Waals surface area (Å²) in [6, 6.07) is 8.54. The number of benzene rings is 1. The van der Waals surface area contributed by atoms with Gasteiger partial charge in [-0.1, -0.05) is 38.0 Å². The number of para-hydroxylation sites is 1. The molecule has 1 aromatic carbocycles. The lowest BCUT2D eigenvalue weighted by Gasteiger charge is -2.19. The van der Waals surface area contributed by atoms with Crippen LogP contribution in [-0.4, -0.2) is 26.2 Å². The van der Waals surface area contributed by atoms with E-state index in [4.69, 9.17) is 0 Å². The SMILES string of the molecule is CCCCCN1Cc2ccccc2-n2cnnc2C1. The molecule has 0 atom stereocenters. The minimum absolute atomic E-state index is 0.887. The largest absolute Gasteiger partial charge is 0.292 e. The summed E-state index contributed by atoms with van der Waals surface area (Å²) in [5.41, 5.74) is 2.58. The van der Waals surface area contributed by atoms with Crippen molar-refractivity contribution < 1.29 is 0 Å². The summed E-state index contributed by atoms with van der Waals surface area (Å²) in [5.74, 6) is 1.04. The van der Waals surface area contributed by atoms with Crippen LogP contribution in [0.15, 0.2) is 30.6 Å². The maximum absolute atomic E-state index is 4.27. The van der Waals surface area contributed by atoms with Gasteiger partial charge in [0.15, 0.2) is 5.82 Å². The zero-order valence-electron chi connectivity index (χ0n) is 11.4. The lowest BCUT2D eigenvalue weighted by Crippen LogP contribution is -2.23. The van der Waals surface area contributed by atoms with E-state index < -0.39 is 0 Å². The van der Waals surface area contributed by atoms with Crippen molar-refractivity contribution in [3.05, 3.63) is 42.0 Å². The van der Waals surface area contributed by atoms with Gasteiger partial charge in [0.25, 0.3) is 0 Å². The molecular weight excluding hydrogens is 236 g/mol. The number of rotatable bonds is 4. The molecule has 19 heavy (non-hydrogen) atoms. The van der Waals surface area contributed by atoms with Gasteiger partial charge in [-0.05, 0) is 24.6 Å². The third kappa shape index (κ3) is 2.54. The number of hydrogen-bond donors (Lipinski definition) is 0. The number of fused-ring (bicyclic) bond motifs is 3. The van der Waals surface area contributed by atoms with Crippen molar-refractivity contribution in [3.63, 3.8) is 0 Å². The number of unbranched alkanes of at least 4 members (excludes halogenated alkanes) is 2. The zero-order valence-corrected chi connectivity index (χ0v) is 11.4. The molecule has 2 aromatic rings. The monoisotopic (exact) mass is 256 g/mol. The van der Waals surface area contributed by atoms with Gasteiger partial charge in [0.05, 0.1) is 12.2 Å². The minimum Gasteiger partial charge on any atom is -0.292 e. The standard InChI is InChI=1S/C15H20N4/c1-2-3-6-9-18-10-13-7-4-5-8-14(13)19-12-16-17-15(19)11-18/h4-5,7-8,12H,2-3,6,9-11H2,1H3. The molecule has 3 rings (SSSR count). The van der Waals surface area contributed by atoms with Gasteiger partial charge in [-0.15, -0.1) is 10.2 Å². The third-order valence-corrected chi connectivity index (χ3v) is 3.71. The predicted molar refractivity (Wildman–Crippen MR) is 75.0 cm³/mol. The molecule has 0 spiro atoms. The van der Waals surface area contributed by atoms with Crippen molar-refractivity contribution in [2.75, 3.05) is 6.54 Å². The van der Waals surface area contributed by atoms with E-state index >= 15 is 0 Å². The molecule has 2 heterocycles. The quantitative estimate of drug-likeness (QED) is 0.789. The van der Waals surface area contributed by atoms with Gasteiger partial charge in [0.1, 0.15) is 6.33 Å². The van der Waals surface area contributed by atoms with Gasteiger partial charge >= 0.3 is 0 Å². The fourth-order valence-electron chi connectivity index (χ4n) is 2.69. The van der Waals surface area contributed by atoms with E-state index in [0.717, 1.165) is 25.5 Å². The van der Waals surface area contributed by atoms with Crippen LogP contribution < -0.4 is 0 Å². The summed E-state index contributed by atoms with van der Waals surface area (Å²) in [4.78, 5) is 2.47. The first-order valence-electron chi connectivity index (χ1n) is 7.08. The van der Waals surface area contributed by atoms with Gasteiger partial charge < -0.3 is 0 Å². The highest BCUT2D eigenvalue weighted by molar-refractivity contribution is 5.42. The third-order valence-electron chi connectivity index (χ3n) is 3.71. The second-order valence-corrected chi connectivity index (χ2v) is 5.16. The van der Waals surface area contributed by atoms with E-state index in [1.807, 2.05) is 6.33 Å². The first-order chi connectivity index (χ1) is 9.38. The Kier molecular flexibility index (Phi) is 3.60. The van der Waals surface area contributed by atoms with Crippen LogP contribution in [0.4, 0.5) is 0 Å². The highest BCUT2D eigenvalue weighted by Gasteiger charge is 2.19. The lowest BCUT2D eigenvalue weighted by molar-refractivity contribution is 0.248. The van der Waals surface area contributed by atoms with E-state index in [9.17, 15) is 0 Å². The summed E-state index contributed by atoms with van der Waals surface area (Å²) in [6.45, 7) is 5.27. The van der Waals surface area contributed by atoms with Crippen LogP contribution in [0.1, 0.15) is 37.6 Å². The molecule has 4 heteroatoms. The molecule has 100 valence electrons. The van der Waals surface area contributed by atoms with Gasteiger partial charge in [-0.3, -0.25) is 9.47 Å². The Hall–Kier alpha value is -1.68. The number of aromatic nitrogens is 3. The molecule has 4 nitrogen and oxygen atoms in total. The smallest absolute Gasteiger partial charge is 0.151 e. The molecule has 0 saturated heterocycles. The highest BCUT2D eigenvalue weighted by Crippen LogP contribution is 2.23. The molecule has 0 bridgehead atoms. The first-order valence-corrected chi connectivity index (χ1v) is 7.08. The fourth-order valence-corrected chi connectivity index (χ4v) is 2.69. The minimum atomic E-state index is 0.887. The van der Waals surface area contributed by atoms with Crippen LogP contribution in [0, 0.1) is 0 Å². The van der Waals surface area contributed by atoms with E-state index in [1.54, 1.807) is 0 Å². The van der Waals surface area contributed by atoms with Gasteiger partial charge in [0, 0.05) is 6.54 Å². The van der Waals surface area contributed by atoms with Crippen molar-refractivity contribution in [2.45, 2.75) is 39.3 Å². The maximum Gasteiger partial charge on any atom is 0.151 e. The highest BCUT2D eigenvalue weighted by atomic mass is 15.3. The van der Waals surface area contributed by atoms with Crippen LogP contribution in [0.25, 0.3) is 5.69 Å². The molecule has 0 saturated carbocycles. The number of hydrogen-bond acceptors (Lipinski definition) is 3. The zero-order chi connectivity index (χ0) is 13.1. The van der Waals surface area contributed by atoms with Crippen molar-refractivity contribution in [3.8, 4) is 5.69 Å². The van der Waals surface area contributed by atoms with E-state index in [0.29, 0.717) is 0 Å². The molecule has 1 aliphatic rings. The maximum atomic E-state index is 4.27. The van der Waals surface area contributed by atoms with Crippen molar-refractivity contribution >= 4 is 0 Å². The van der Waals surface area contributed by atoms with Crippen molar-refractivity contribution in [2.24, 2.45) is 0 Å². The van der Waals surface area contributed by atoms with Crippen molar-refractivity contribution in [1.82, 2.24) is 19.7 Å². The summed E-state index contributed by atoms with van der Waals surface area (Å²) >= 11 is 0. The van der Waals surface area contributed by atoms with Crippen LogP contribution in [0.3, 0.4) is 0 Å². The fraction of sp³-hybridized carbons (Fsp3) is 0.467. The summed E-state index contributed by atoms with van der Waals surface area (Å²) in [7, 11) is 0. The van der Waals surface area contributed by atoms with Crippen LogP contribution in [0.5, 0.6) is 0 Å². The predicted octanol–water partition coefficient (Wildman–Crippen LogP) is 2.77. The summed E-state index contributed by atoms with van der Waals surface area (Å²) in [5, 5.41) is 8.33. The Bertz CT molecular complexity index is 547. The van der Waals surface area contributed by atoms with Gasteiger partial charge in [0.2, 0.25) is 0 Å². The Morgan fingerprint density at radius 2 is 2.05 bits per heavy atom. The Balaban J connectivity index is 1.88. The second kappa shape index (κ2) is 5.53. The molecular formula is C15H20N4. The molecule has 0 radical (unpaired) electrons. The van der Waals surface area contributed by atoms with E-state index in [2.05, 4.69) is 50.9 Å². The topological polar surface area (TPSA) is 34.0 Å². The summed E-state index contributed by atoms with van der Waals surface area (Å²) in [6.07, 6.45) is 5.64. The van der Waals surface area contributed by atoms with Crippen LogP contribution in [0.2, 0.25) is 0 Å². The van der Waals surface area contributed by atoms with Crippen molar-refractivity contribution in [1.29, 1.82) is 0 Å². The molecule has 0 N–H and O–H groups in total. The molecule has 0 fully saturated rings. The van der Waals surface area contributed by atoms with Crippen LogP contribution >= 0.6 is 0 Å².